The summed E-state index contributed by atoms with van der Waals surface area (Å²) in [5.74, 6) is 1.91. The van der Waals surface area contributed by atoms with Crippen LogP contribution in [0.2, 0.25) is 5.02 Å². The first-order chi connectivity index (χ1) is 13.0. The number of amides is 1. The van der Waals surface area contributed by atoms with Crippen LogP contribution in [-0.2, 0) is 0 Å². The predicted octanol–water partition coefficient (Wildman–Crippen LogP) is 4.87. The zero-order valence-corrected chi connectivity index (χ0v) is 15.8. The van der Waals surface area contributed by atoms with E-state index < -0.39 is 0 Å². The van der Waals surface area contributed by atoms with Gasteiger partial charge in [-0.1, -0.05) is 23.7 Å². The highest BCUT2D eigenvalue weighted by atomic mass is 35.5. The van der Waals surface area contributed by atoms with E-state index in [-0.39, 0.29) is 5.91 Å². The van der Waals surface area contributed by atoms with Crippen molar-refractivity contribution in [1.82, 2.24) is 9.97 Å². The van der Waals surface area contributed by atoms with Crippen molar-refractivity contribution in [2.24, 2.45) is 0 Å². The van der Waals surface area contributed by atoms with Crippen LogP contribution in [-0.4, -0.2) is 22.4 Å². The molecule has 2 aromatic carbocycles. The molecule has 0 bridgehead atoms. The Morgan fingerprint density at radius 3 is 2.37 bits per heavy atom. The lowest BCUT2D eigenvalue weighted by atomic mass is 10.2. The molecule has 3 aromatic rings. The summed E-state index contributed by atoms with van der Waals surface area (Å²) >= 11 is 6.06. The minimum atomic E-state index is -0.247. The fourth-order valence-electron chi connectivity index (χ4n) is 2.53. The molecule has 3 rings (SSSR count). The smallest absolute Gasteiger partial charge is 0.257 e. The van der Waals surface area contributed by atoms with Gasteiger partial charge in [0.2, 0.25) is 0 Å². The Bertz CT molecular complexity index is 943. The van der Waals surface area contributed by atoms with E-state index in [4.69, 9.17) is 11.6 Å². The molecule has 0 aliphatic heterocycles. The molecule has 0 atom stereocenters. The van der Waals surface area contributed by atoms with Gasteiger partial charge in [0.05, 0.1) is 10.6 Å². The number of nitrogens with zero attached hydrogens (tertiary/aromatic N) is 2. The van der Waals surface area contributed by atoms with Crippen LogP contribution in [0.3, 0.4) is 0 Å². The summed E-state index contributed by atoms with van der Waals surface area (Å²) in [5.41, 5.74) is 1.97. The molecular formula is C20H20ClN5O. The SMILES string of the molecule is CCNc1cc(Nc2ccc(NC(=O)c3ccccc3Cl)cc2)nc(C)n1. The van der Waals surface area contributed by atoms with Crippen LogP contribution in [0.25, 0.3) is 0 Å². The van der Waals surface area contributed by atoms with Gasteiger partial charge in [-0.3, -0.25) is 4.79 Å². The Kier molecular flexibility index (Phi) is 5.88. The predicted molar refractivity (Wildman–Crippen MR) is 110 cm³/mol. The van der Waals surface area contributed by atoms with Gasteiger partial charge >= 0.3 is 0 Å². The minimum absolute atomic E-state index is 0.247. The van der Waals surface area contributed by atoms with Crippen molar-refractivity contribution < 1.29 is 4.79 Å². The average Bonchev–Trinajstić information content (AvgIpc) is 2.63. The number of aryl methyl sites for hydroxylation is 1. The first-order valence-corrected chi connectivity index (χ1v) is 8.95. The van der Waals surface area contributed by atoms with Gasteiger partial charge in [0.25, 0.3) is 5.91 Å². The van der Waals surface area contributed by atoms with Gasteiger partial charge in [0.15, 0.2) is 0 Å². The standard InChI is InChI=1S/C20H20ClN5O/c1-3-22-18-12-19(24-13(2)23-18)25-14-8-10-15(11-9-14)26-20(27)16-6-4-5-7-17(16)21/h4-12H,3H2,1-2H3,(H,26,27)(H2,22,23,24,25). The van der Waals surface area contributed by atoms with E-state index >= 15 is 0 Å². The molecule has 0 radical (unpaired) electrons. The molecule has 27 heavy (non-hydrogen) atoms. The van der Waals surface area contributed by atoms with Gasteiger partial charge < -0.3 is 16.0 Å². The van der Waals surface area contributed by atoms with Crippen molar-refractivity contribution >= 4 is 40.5 Å². The molecular weight excluding hydrogens is 362 g/mol. The lowest BCUT2D eigenvalue weighted by molar-refractivity contribution is 0.102. The average molecular weight is 382 g/mol. The van der Waals surface area contributed by atoms with Gasteiger partial charge in [-0.05, 0) is 50.2 Å². The molecule has 0 saturated heterocycles. The molecule has 6 nitrogen and oxygen atoms in total. The topological polar surface area (TPSA) is 78.9 Å². The zero-order chi connectivity index (χ0) is 19.2. The highest BCUT2D eigenvalue weighted by molar-refractivity contribution is 6.34. The van der Waals surface area contributed by atoms with E-state index in [1.807, 2.05) is 44.2 Å². The first-order valence-electron chi connectivity index (χ1n) is 8.57. The highest BCUT2D eigenvalue weighted by Gasteiger charge is 2.09. The molecule has 7 heteroatoms. The summed E-state index contributed by atoms with van der Waals surface area (Å²) in [6, 6.07) is 16.2. The molecule has 0 unspecified atom stereocenters. The van der Waals surface area contributed by atoms with Crippen LogP contribution in [0, 0.1) is 6.92 Å². The van der Waals surface area contributed by atoms with Gasteiger partial charge in [-0.25, -0.2) is 9.97 Å². The second kappa shape index (κ2) is 8.51. The van der Waals surface area contributed by atoms with Crippen LogP contribution < -0.4 is 16.0 Å². The monoisotopic (exact) mass is 381 g/mol. The number of halogens is 1. The lowest BCUT2D eigenvalue weighted by Crippen LogP contribution is -2.12. The van der Waals surface area contributed by atoms with Crippen LogP contribution >= 0.6 is 11.6 Å². The van der Waals surface area contributed by atoms with Crippen molar-refractivity contribution in [2.75, 3.05) is 22.5 Å². The number of hydrogen-bond donors (Lipinski definition) is 3. The second-order valence-corrected chi connectivity index (χ2v) is 6.26. The molecule has 0 fully saturated rings. The Morgan fingerprint density at radius 2 is 1.67 bits per heavy atom. The van der Waals surface area contributed by atoms with E-state index in [0.717, 1.165) is 18.1 Å². The number of rotatable bonds is 6. The zero-order valence-electron chi connectivity index (χ0n) is 15.1. The third-order valence-corrected chi connectivity index (χ3v) is 4.06. The Hall–Kier alpha value is -3.12. The number of hydrogen-bond acceptors (Lipinski definition) is 5. The van der Waals surface area contributed by atoms with Crippen molar-refractivity contribution in [2.45, 2.75) is 13.8 Å². The molecule has 0 saturated carbocycles. The Labute approximate surface area is 163 Å². The summed E-state index contributed by atoms with van der Waals surface area (Å²) in [4.78, 5) is 21.0. The van der Waals surface area contributed by atoms with E-state index in [9.17, 15) is 4.79 Å². The normalized spacial score (nSPS) is 10.3. The summed E-state index contributed by atoms with van der Waals surface area (Å²) in [7, 11) is 0. The molecule has 0 aliphatic carbocycles. The number of anilines is 4. The van der Waals surface area contributed by atoms with Crippen molar-refractivity contribution in [3.05, 3.63) is 71.0 Å². The number of nitrogens with one attached hydrogen (secondary N) is 3. The van der Waals surface area contributed by atoms with Crippen molar-refractivity contribution in [1.29, 1.82) is 0 Å². The molecule has 0 aliphatic rings. The highest BCUT2D eigenvalue weighted by Crippen LogP contribution is 2.21. The Morgan fingerprint density at radius 1 is 1.00 bits per heavy atom. The molecule has 3 N–H and O–H groups in total. The Balaban J connectivity index is 1.69. The number of carbonyl (C=O) groups is 1. The third-order valence-electron chi connectivity index (χ3n) is 3.73. The van der Waals surface area contributed by atoms with E-state index in [1.165, 1.54) is 0 Å². The second-order valence-electron chi connectivity index (χ2n) is 5.85. The van der Waals surface area contributed by atoms with E-state index in [1.54, 1.807) is 24.3 Å². The third kappa shape index (κ3) is 4.95. The van der Waals surface area contributed by atoms with Crippen LogP contribution in [0.1, 0.15) is 23.1 Å². The quantitative estimate of drug-likeness (QED) is 0.568. The van der Waals surface area contributed by atoms with Gasteiger partial charge in [0.1, 0.15) is 17.5 Å². The fourth-order valence-corrected chi connectivity index (χ4v) is 2.75. The van der Waals surface area contributed by atoms with E-state index in [2.05, 4.69) is 25.9 Å². The minimum Gasteiger partial charge on any atom is -0.370 e. The van der Waals surface area contributed by atoms with Crippen LogP contribution in [0.4, 0.5) is 23.0 Å². The van der Waals surface area contributed by atoms with Crippen LogP contribution in [0.15, 0.2) is 54.6 Å². The lowest BCUT2D eigenvalue weighted by Gasteiger charge is -2.10. The van der Waals surface area contributed by atoms with Crippen molar-refractivity contribution in [3.8, 4) is 0 Å². The van der Waals surface area contributed by atoms with Gasteiger partial charge in [-0.2, -0.15) is 0 Å². The number of benzene rings is 2. The largest absolute Gasteiger partial charge is 0.370 e. The fraction of sp³-hybridized carbons (Fsp3) is 0.150. The van der Waals surface area contributed by atoms with E-state index in [0.29, 0.717) is 27.9 Å². The first kappa shape index (κ1) is 18.7. The molecule has 1 heterocycles. The van der Waals surface area contributed by atoms with Gasteiger partial charge in [-0.15, -0.1) is 0 Å². The number of carbonyl (C=O) groups excluding carboxylic acids is 1. The maximum atomic E-state index is 12.3. The molecule has 138 valence electrons. The molecule has 1 aromatic heterocycles. The summed E-state index contributed by atoms with van der Waals surface area (Å²) < 4.78 is 0. The summed E-state index contributed by atoms with van der Waals surface area (Å²) in [6.45, 7) is 4.65. The number of aromatic nitrogens is 2. The van der Waals surface area contributed by atoms with Gasteiger partial charge in [0, 0.05) is 24.0 Å². The maximum absolute atomic E-state index is 12.3. The maximum Gasteiger partial charge on any atom is 0.257 e. The summed E-state index contributed by atoms with van der Waals surface area (Å²) in [6.07, 6.45) is 0. The molecule has 1 amide bonds. The molecule has 0 spiro atoms. The van der Waals surface area contributed by atoms with Crippen molar-refractivity contribution in [3.63, 3.8) is 0 Å². The summed E-state index contributed by atoms with van der Waals surface area (Å²) in [5, 5.41) is 9.67. The van der Waals surface area contributed by atoms with Crippen LogP contribution in [0.5, 0.6) is 0 Å².